The highest BCUT2D eigenvalue weighted by Gasteiger charge is 2.33. The molecule has 106 valence electrons. The van der Waals surface area contributed by atoms with Gasteiger partial charge in [-0.3, -0.25) is 0 Å². The maximum atomic E-state index is 12.4. The van der Waals surface area contributed by atoms with Gasteiger partial charge in [-0.1, -0.05) is 48.9 Å². The van der Waals surface area contributed by atoms with Crippen LogP contribution in [-0.4, -0.2) is 14.5 Å². The van der Waals surface area contributed by atoms with Crippen molar-refractivity contribution in [3.8, 4) is 0 Å². The van der Waals surface area contributed by atoms with E-state index < -0.39 is 10.0 Å². The topological polar surface area (TPSA) is 46.2 Å². The van der Waals surface area contributed by atoms with Gasteiger partial charge in [-0.2, -0.15) is 0 Å². The van der Waals surface area contributed by atoms with E-state index in [0.29, 0.717) is 10.8 Å². The monoisotopic (exact) mass is 289 g/mol. The second-order valence-corrected chi connectivity index (χ2v) is 7.20. The highest BCUT2D eigenvalue weighted by atomic mass is 32.2. The van der Waals surface area contributed by atoms with Gasteiger partial charge in [0.2, 0.25) is 10.0 Å². The largest absolute Gasteiger partial charge is 0.240 e. The highest BCUT2D eigenvalue weighted by Crippen LogP contribution is 2.35. The number of rotatable bonds is 3. The molecule has 0 unspecified atom stereocenters. The minimum atomic E-state index is -3.42. The zero-order chi connectivity index (χ0) is 14.0. The molecule has 2 aliphatic carbocycles. The predicted molar refractivity (Wildman–Crippen MR) is 79.7 cm³/mol. The summed E-state index contributed by atoms with van der Waals surface area (Å²) >= 11 is 0. The van der Waals surface area contributed by atoms with Crippen molar-refractivity contribution in [2.75, 3.05) is 0 Å². The molecule has 1 N–H and O–H groups in total. The molecule has 1 aromatic rings. The maximum Gasteiger partial charge on any atom is 0.240 e. The highest BCUT2D eigenvalue weighted by molar-refractivity contribution is 7.89. The molecule has 4 heteroatoms. The van der Waals surface area contributed by atoms with Crippen LogP contribution < -0.4 is 4.72 Å². The van der Waals surface area contributed by atoms with Gasteiger partial charge in [-0.05, 0) is 36.8 Å². The molecular weight excluding hydrogens is 270 g/mol. The Labute approximate surface area is 120 Å². The van der Waals surface area contributed by atoms with Gasteiger partial charge in [0.15, 0.2) is 0 Å². The van der Waals surface area contributed by atoms with E-state index in [0.717, 1.165) is 19.3 Å². The molecule has 0 radical (unpaired) electrons. The third kappa shape index (κ3) is 2.72. The van der Waals surface area contributed by atoms with E-state index in [1.807, 2.05) is 12.1 Å². The quantitative estimate of drug-likeness (QED) is 0.930. The number of fused-ring (bicyclic) bond motifs is 1. The number of hydrogen-bond donors (Lipinski definition) is 1. The van der Waals surface area contributed by atoms with E-state index in [-0.39, 0.29) is 12.0 Å². The molecule has 20 heavy (non-hydrogen) atoms. The van der Waals surface area contributed by atoms with Crippen LogP contribution in [0.2, 0.25) is 0 Å². The summed E-state index contributed by atoms with van der Waals surface area (Å²) in [7, 11) is -3.42. The first-order valence-electron chi connectivity index (χ1n) is 7.09. The first-order valence-corrected chi connectivity index (χ1v) is 8.57. The fourth-order valence-electron chi connectivity index (χ4n) is 3.16. The second-order valence-electron chi connectivity index (χ2n) is 5.48. The lowest BCUT2D eigenvalue weighted by Gasteiger charge is -2.36. The summed E-state index contributed by atoms with van der Waals surface area (Å²) in [6.07, 6.45) is 11.6. The molecule has 0 heterocycles. The van der Waals surface area contributed by atoms with Gasteiger partial charge in [-0.25, -0.2) is 13.1 Å². The van der Waals surface area contributed by atoms with E-state index in [1.54, 1.807) is 24.3 Å². The van der Waals surface area contributed by atoms with E-state index in [9.17, 15) is 8.42 Å². The SMILES string of the molecule is O=S(=O)(N[C@@H]1CCC[C@@H]2C=CC=C[C@@H]21)c1ccccc1. The summed E-state index contributed by atoms with van der Waals surface area (Å²) in [5.74, 6) is 0.754. The zero-order valence-electron chi connectivity index (χ0n) is 11.3. The minimum absolute atomic E-state index is 0.000145. The van der Waals surface area contributed by atoms with Crippen LogP contribution >= 0.6 is 0 Å². The second kappa shape index (κ2) is 5.54. The van der Waals surface area contributed by atoms with Crippen LogP contribution in [0.4, 0.5) is 0 Å². The van der Waals surface area contributed by atoms with Gasteiger partial charge in [0.05, 0.1) is 4.90 Å². The van der Waals surface area contributed by atoms with Gasteiger partial charge in [-0.15, -0.1) is 0 Å². The zero-order valence-corrected chi connectivity index (χ0v) is 12.1. The molecule has 0 aliphatic heterocycles. The van der Waals surface area contributed by atoms with Crippen LogP contribution in [0.1, 0.15) is 19.3 Å². The molecule has 0 bridgehead atoms. The summed E-state index contributed by atoms with van der Waals surface area (Å²) in [4.78, 5) is 0.345. The van der Waals surface area contributed by atoms with Gasteiger partial charge >= 0.3 is 0 Å². The van der Waals surface area contributed by atoms with Crippen LogP contribution in [0.25, 0.3) is 0 Å². The lowest BCUT2D eigenvalue weighted by atomic mass is 9.74. The average molecular weight is 289 g/mol. The normalized spacial score (nSPS) is 29.1. The lowest BCUT2D eigenvalue weighted by molar-refractivity contribution is 0.275. The van der Waals surface area contributed by atoms with Crippen LogP contribution in [0.3, 0.4) is 0 Å². The number of benzene rings is 1. The van der Waals surface area contributed by atoms with Crippen molar-refractivity contribution in [2.24, 2.45) is 11.8 Å². The Morgan fingerprint density at radius 3 is 2.55 bits per heavy atom. The third-order valence-electron chi connectivity index (χ3n) is 4.17. The molecule has 0 aromatic heterocycles. The smallest absolute Gasteiger partial charge is 0.207 e. The minimum Gasteiger partial charge on any atom is -0.207 e. The molecule has 3 nitrogen and oxygen atoms in total. The Bertz CT molecular complexity index is 619. The Hall–Kier alpha value is -1.39. The summed E-state index contributed by atoms with van der Waals surface area (Å²) in [6.45, 7) is 0. The Kier molecular flexibility index (Phi) is 3.76. The fraction of sp³-hybridized carbons (Fsp3) is 0.375. The van der Waals surface area contributed by atoms with Crippen molar-refractivity contribution >= 4 is 10.0 Å². The van der Waals surface area contributed by atoms with Gasteiger partial charge in [0.1, 0.15) is 0 Å². The van der Waals surface area contributed by atoms with Crippen molar-refractivity contribution in [1.82, 2.24) is 4.72 Å². The molecule has 3 rings (SSSR count). The number of sulfonamides is 1. The fourth-order valence-corrected chi connectivity index (χ4v) is 4.49. The van der Waals surface area contributed by atoms with Crippen molar-refractivity contribution in [3.63, 3.8) is 0 Å². The van der Waals surface area contributed by atoms with Crippen LogP contribution in [0.5, 0.6) is 0 Å². The van der Waals surface area contributed by atoms with Crippen molar-refractivity contribution in [3.05, 3.63) is 54.6 Å². The van der Waals surface area contributed by atoms with Crippen LogP contribution in [0, 0.1) is 11.8 Å². The third-order valence-corrected chi connectivity index (χ3v) is 5.68. The van der Waals surface area contributed by atoms with Crippen molar-refractivity contribution in [1.29, 1.82) is 0 Å². The summed E-state index contributed by atoms with van der Waals surface area (Å²) in [5, 5.41) is 0. The standard InChI is InChI=1S/C16H19NO2S/c18-20(19,14-9-2-1-3-10-14)17-16-12-6-8-13-7-4-5-11-15(13)16/h1-5,7,9-11,13,15-17H,6,8,12H2/t13-,15-,16+/m0/s1. The van der Waals surface area contributed by atoms with Crippen LogP contribution in [0.15, 0.2) is 59.5 Å². The van der Waals surface area contributed by atoms with Crippen LogP contribution in [-0.2, 0) is 10.0 Å². The van der Waals surface area contributed by atoms with Crippen molar-refractivity contribution < 1.29 is 8.42 Å². The van der Waals surface area contributed by atoms with Gasteiger partial charge in [0, 0.05) is 6.04 Å². The molecule has 2 aliphatic rings. The first-order chi connectivity index (χ1) is 9.67. The predicted octanol–water partition coefficient (Wildman–Crippen LogP) is 2.88. The summed E-state index contributed by atoms with van der Waals surface area (Å²) in [5.41, 5.74) is 0. The molecule has 1 saturated carbocycles. The lowest BCUT2D eigenvalue weighted by Crippen LogP contribution is -2.44. The Balaban J connectivity index is 1.80. The van der Waals surface area contributed by atoms with E-state index in [4.69, 9.17) is 0 Å². The molecule has 0 saturated heterocycles. The first kappa shape index (κ1) is 13.6. The summed E-state index contributed by atoms with van der Waals surface area (Å²) in [6, 6.07) is 8.60. The molecule has 1 aromatic carbocycles. The number of allylic oxidation sites excluding steroid dienone is 3. The van der Waals surface area contributed by atoms with E-state index in [2.05, 4.69) is 23.0 Å². The maximum absolute atomic E-state index is 12.4. The van der Waals surface area contributed by atoms with Gasteiger partial charge < -0.3 is 0 Å². The van der Waals surface area contributed by atoms with E-state index >= 15 is 0 Å². The molecular formula is C16H19NO2S. The molecule has 0 spiro atoms. The average Bonchev–Trinajstić information content (AvgIpc) is 2.48. The number of nitrogens with one attached hydrogen (secondary N) is 1. The Morgan fingerprint density at radius 1 is 1.00 bits per heavy atom. The van der Waals surface area contributed by atoms with E-state index in [1.165, 1.54) is 0 Å². The Morgan fingerprint density at radius 2 is 1.75 bits per heavy atom. The molecule has 1 fully saturated rings. The van der Waals surface area contributed by atoms with Crippen molar-refractivity contribution in [2.45, 2.75) is 30.2 Å². The number of hydrogen-bond acceptors (Lipinski definition) is 2. The molecule has 0 amide bonds. The van der Waals surface area contributed by atoms with Gasteiger partial charge in [0.25, 0.3) is 0 Å². The summed E-state index contributed by atoms with van der Waals surface area (Å²) < 4.78 is 27.7. The molecule has 3 atom stereocenters.